The fourth-order valence-corrected chi connectivity index (χ4v) is 3.22. The Kier molecular flexibility index (Phi) is 4.45. The third-order valence-corrected chi connectivity index (χ3v) is 4.57. The van der Waals surface area contributed by atoms with E-state index in [1.807, 2.05) is 24.3 Å². The molecule has 1 amide bonds. The first kappa shape index (κ1) is 17.0. The molecule has 2 aromatic heterocycles. The van der Waals surface area contributed by atoms with Crippen LogP contribution in [0.25, 0.3) is 10.9 Å². The Labute approximate surface area is 155 Å². The molecule has 8 nitrogen and oxygen atoms in total. The van der Waals surface area contributed by atoms with E-state index in [2.05, 4.69) is 15.0 Å². The Morgan fingerprint density at radius 2 is 1.96 bits per heavy atom. The number of nitrogens with one attached hydrogen (secondary N) is 1. The maximum absolute atomic E-state index is 12.7. The summed E-state index contributed by atoms with van der Waals surface area (Å²) in [5.74, 6) is -0.485. The second-order valence-corrected chi connectivity index (χ2v) is 6.23. The summed E-state index contributed by atoms with van der Waals surface area (Å²) in [5.41, 5.74) is 1.21. The van der Waals surface area contributed by atoms with E-state index < -0.39 is 11.7 Å². The largest absolute Gasteiger partial charge is 0.477 e. The van der Waals surface area contributed by atoms with Crippen LogP contribution in [0.2, 0.25) is 0 Å². The van der Waals surface area contributed by atoms with Crippen LogP contribution in [-0.2, 0) is 4.79 Å². The van der Waals surface area contributed by atoms with E-state index in [9.17, 15) is 9.59 Å². The quantitative estimate of drug-likeness (QED) is 0.546. The molecule has 4 rings (SSSR count). The average Bonchev–Trinajstić information content (AvgIpc) is 3.34. The van der Waals surface area contributed by atoms with E-state index in [0.717, 1.165) is 10.9 Å². The number of carbonyl (C=O) groups excluding carboxylic acids is 2. The zero-order valence-corrected chi connectivity index (χ0v) is 14.7. The summed E-state index contributed by atoms with van der Waals surface area (Å²) in [6, 6.07) is 7.40. The minimum absolute atomic E-state index is 0.268. The highest BCUT2D eigenvalue weighted by atomic mass is 16.5. The van der Waals surface area contributed by atoms with Crippen LogP contribution in [0.15, 0.2) is 42.9 Å². The van der Waals surface area contributed by atoms with Gasteiger partial charge in [0.1, 0.15) is 6.10 Å². The highest BCUT2D eigenvalue weighted by molar-refractivity contribution is 6.44. The number of ether oxygens (including phenoxy) is 2. The van der Waals surface area contributed by atoms with Crippen molar-refractivity contribution in [2.75, 3.05) is 20.2 Å². The number of benzene rings is 1. The predicted octanol–water partition coefficient (Wildman–Crippen LogP) is 1.83. The summed E-state index contributed by atoms with van der Waals surface area (Å²) >= 11 is 0. The molecule has 1 aromatic carbocycles. The molecule has 138 valence electrons. The summed E-state index contributed by atoms with van der Waals surface area (Å²) in [4.78, 5) is 38.0. The molecule has 1 atom stereocenters. The van der Waals surface area contributed by atoms with Crippen molar-refractivity contribution in [2.45, 2.75) is 12.5 Å². The number of fused-ring (bicyclic) bond motifs is 1. The number of Topliss-reactive ketones (excluding diaryl/α,β-unsaturated/α-hetero) is 1. The lowest BCUT2D eigenvalue weighted by atomic mass is 10.1. The first-order valence-electron chi connectivity index (χ1n) is 8.58. The number of aromatic nitrogens is 3. The molecule has 0 spiro atoms. The summed E-state index contributed by atoms with van der Waals surface area (Å²) in [6.45, 7) is 0.757. The molecule has 1 fully saturated rings. The van der Waals surface area contributed by atoms with Crippen LogP contribution in [0, 0.1) is 0 Å². The van der Waals surface area contributed by atoms with Crippen molar-refractivity contribution in [1.29, 1.82) is 0 Å². The van der Waals surface area contributed by atoms with Crippen molar-refractivity contribution < 1.29 is 19.1 Å². The minimum Gasteiger partial charge on any atom is -0.477 e. The monoisotopic (exact) mass is 366 g/mol. The minimum atomic E-state index is -0.531. The molecular weight excluding hydrogens is 348 g/mol. The molecule has 1 saturated heterocycles. The van der Waals surface area contributed by atoms with Gasteiger partial charge in [0.25, 0.3) is 23.5 Å². The lowest BCUT2D eigenvalue weighted by Crippen LogP contribution is -2.36. The summed E-state index contributed by atoms with van der Waals surface area (Å²) in [6.07, 6.45) is 4.94. The molecule has 27 heavy (non-hydrogen) atoms. The van der Waals surface area contributed by atoms with Gasteiger partial charge in [-0.1, -0.05) is 18.2 Å². The van der Waals surface area contributed by atoms with Gasteiger partial charge in [-0.05, 0) is 6.07 Å². The first-order chi connectivity index (χ1) is 13.2. The van der Waals surface area contributed by atoms with Crippen LogP contribution in [0.4, 0.5) is 0 Å². The molecular formula is C19H18N4O4. The summed E-state index contributed by atoms with van der Waals surface area (Å²) in [7, 11) is 1.49. The van der Waals surface area contributed by atoms with Crippen LogP contribution in [0.3, 0.4) is 0 Å². The van der Waals surface area contributed by atoms with Gasteiger partial charge >= 0.3 is 0 Å². The van der Waals surface area contributed by atoms with Crippen LogP contribution < -0.4 is 9.47 Å². The summed E-state index contributed by atoms with van der Waals surface area (Å²) in [5, 5.41) is 0.743. The van der Waals surface area contributed by atoms with Gasteiger partial charge in [0.05, 0.1) is 19.2 Å². The third kappa shape index (κ3) is 3.21. The van der Waals surface area contributed by atoms with Crippen LogP contribution >= 0.6 is 0 Å². The fourth-order valence-electron chi connectivity index (χ4n) is 3.22. The van der Waals surface area contributed by atoms with E-state index in [0.29, 0.717) is 25.1 Å². The lowest BCUT2D eigenvalue weighted by Gasteiger charge is -2.16. The Hall–Kier alpha value is -3.42. The van der Waals surface area contributed by atoms with Gasteiger partial charge in [0.15, 0.2) is 0 Å². The lowest BCUT2D eigenvalue weighted by molar-refractivity contribution is -0.125. The van der Waals surface area contributed by atoms with Crippen molar-refractivity contribution in [1.82, 2.24) is 19.9 Å². The average molecular weight is 366 g/mol. The van der Waals surface area contributed by atoms with E-state index >= 15 is 0 Å². The standard InChI is InChI=1S/C19H18N4O4/c1-26-17-18(21-8-7-20-17)27-12-6-9-23(11-12)19(25)16(24)14-10-22-15-5-3-2-4-13(14)15/h2-5,7-8,10,12,22H,6,9,11H2,1H3. The number of H-pyrrole nitrogens is 1. The molecule has 0 saturated carbocycles. The van der Waals surface area contributed by atoms with E-state index in [1.165, 1.54) is 24.4 Å². The van der Waals surface area contributed by atoms with Crippen molar-refractivity contribution in [3.8, 4) is 11.8 Å². The normalized spacial score (nSPS) is 16.5. The zero-order chi connectivity index (χ0) is 18.8. The maximum atomic E-state index is 12.7. The number of nitrogens with zero attached hydrogens (tertiary/aromatic N) is 3. The smallest absolute Gasteiger partial charge is 0.295 e. The molecule has 1 aliphatic rings. The molecule has 0 aliphatic carbocycles. The third-order valence-electron chi connectivity index (χ3n) is 4.57. The number of methoxy groups -OCH3 is 1. The Morgan fingerprint density at radius 3 is 2.78 bits per heavy atom. The van der Waals surface area contributed by atoms with E-state index in [1.54, 1.807) is 6.20 Å². The number of likely N-dealkylation sites (tertiary alicyclic amines) is 1. The highest BCUT2D eigenvalue weighted by Gasteiger charge is 2.33. The number of para-hydroxylation sites is 1. The van der Waals surface area contributed by atoms with Gasteiger partial charge in [-0.2, -0.15) is 0 Å². The van der Waals surface area contributed by atoms with Gasteiger partial charge in [0, 0.05) is 42.5 Å². The molecule has 1 N–H and O–H groups in total. The second-order valence-electron chi connectivity index (χ2n) is 6.23. The van der Waals surface area contributed by atoms with Gasteiger partial charge in [-0.25, -0.2) is 9.97 Å². The molecule has 0 bridgehead atoms. The number of aromatic amines is 1. The predicted molar refractivity (Wildman–Crippen MR) is 96.8 cm³/mol. The molecule has 1 aliphatic heterocycles. The molecule has 8 heteroatoms. The maximum Gasteiger partial charge on any atom is 0.295 e. The van der Waals surface area contributed by atoms with Crippen LogP contribution in [-0.4, -0.2) is 57.8 Å². The fraction of sp³-hybridized carbons (Fsp3) is 0.263. The SMILES string of the molecule is COc1nccnc1OC1CCN(C(=O)C(=O)c2c[nH]c3ccccc23)C1. The van der Waals surface area contributed by atoms with E-state index in [4.69, 9.17) is 9.47 Å². The van der Waals surface area contributed by atoms with Crippen LogP contribution in [0.1, 0.15) is 16.8 Å². The molecule has 3 heterocycles. The molecule has 0 radical (unpaired) electrons. The van der Waals surface area contributed by atoms with Crippen molar-refractivity contribution >= 4 is 22.6 Å². The number of rotatable bonds is 5. The number of ketones is 1. The van der Waals surface area contributed by atoms with Gasteiger partial charge in [-0.15, -0.1) is 0 Å². The number of amides is 1. The molecule has 1 unspecified atom stereocenters. The van der Waals surface area contributed by atoms with Crippen molar-refractivity contribution in [3.05, 3.63) is 48.4 Å². The first-order valence-corrected chi connectivity index (χ1v) is 8.58. The second kappa shape index (κ2) is 7.06. The van der Waals surface area contributed by atoms with Gasteiger partial charge in [-0.3, -0.25) is 9.59 Å². The van der Waals surface area contributed by atoms with Gasteiger partial charge in [0.2, 0.25) is 0 Å². The van der Waals surface area contributed by atoms with Gasteiger partial charge < -0.3 is 19.4 Å². The number of hydrogen-bond acceptors (Lipinski definition) is 6. The Bertz CT molecular complexity index is 1000. The topological polar surface area (TPSA) is 97.4 Å². The summed E-state index contributed by atoms with van der Waals surface area (Å²) < 4.78 is 10.9. The van der Waals surface area contributed by atoms with E-state index in [-0.39, 0.29) is 17.9 Å². The number of carbonyl (C=O) groups is 2. The van der Waals surface area contributed by atoms with Crippen LogP contribution in [0.5, 0.6) is 11.8 Å². The molecule has 3 aromatic rings. The highest BCUT2D eigenvalue weighted by Crippen LogP contribution is 2.25. The Morgan fingerprint density at radius 1 is 1.19 bits per heavy atom. The van der Waals surface area contributed by atoms with Crippen molar-refractivity contribution in [3.63, 3.8) is 0 Å². The number of hydrogen-bond donors (Lipinski definition) is 1. The zero-order valence-electron chi connectivity index (χ0n) is 14.7. The van der Waals surface area contributed by atoms with Crippen molar-refractivity contribution in [2.24, 2.45) is 0 Å². The Balaban J connectivity index is 1.45.